The van der Waals surface area contributed by atoms with Gasteiger partial charge in [0.05, 0.1) is 6.61 Å². The number of hydrogen-bond donors (Lipinski definition) is 4. The Morgan fingerprint density at radius 1 is 0.818 bits per heavy atom. The van der Waals surface area contributed by atoms with Crippen LogP contribution in [0.5, 0.6) is 0 Å². The van der Waals surface area contributed by atoms with Crippen LogP contribution < -0.4 is 0 Å². The molecule has 0 radical (unpaired) electrons. The van der Waals surface area contributed by atoms with E-state index < -0.39 is 15.6 Å². The zero-order valence-corrected chi connectivity index (χ0v) is 13.8. The number of aliphatic hydroxyl groups excluding tert-OH is 1. The van der Waals surface area contributed by atoms with Crippen LogP contribution in [0, 0.1) is 0 Å². The third kappa shape index (κ3) is 27.1. The van der Waals surface area contributed by atoms with Crippen LogP contribution in [0.1, 0.15) is 51.9 Å². The Labute approximate surface area is 176 Å². The van der Waals surface area contributed by atoms with E-state index in [2.05, 4.69) is 15.8 Å². The third-order valence-corrected chi connectivity index (χ3v) is 4.40. The van der Waals surface area contributed by atoms with Gasteiger partial charge in [-0.25, -0.2) is 9.13 Å². The monoisotopic (exact) mass is 384 g/mol. The molecule has 0 aromatic heterocycles. The van der Waals surface area contributed by atoms with E-state index in [0.29, 0.717) is 6.42 Å². The SMILES string of the molecule is CCCCCCCCCOP(=O)(O)OP(=O)(O)O.CO.[NaH].[NaH]. The molecule has 1 unspecified atom stereocenters. The maximum absolute atomic E-state index is 11.0. The summed E-state index contributed by atoms with van der Waals surface area (Å²) in [6.07, 6.45) is 7.09. The van der Waals surface area contributed by atoms with Crippen LogP contribution >= 0.6 is 15.6 Å². The number of hydrogen-bond acceptors (Lipinski definition) is 5. The summed E-state index contributed by atoms with van der Waals surface area (Å²) < 4.78 is 29.4. The van der Waals surface area contributed by atoms with E-state index >= 15 is 0 Å². The van der Waals surface area contributed by atoms with Crippen LogP contribution in [-0.2, 0) is 18.0 Å². The molecule has 0 rings (SSSR count). The molecule has 12 heteroatoms. The summed E-state index contributed by atoms with van der Waals surface area (Å²) >= 11 is 0. The molecular formula is C10H28Na2O8P2. The van der Waals surface area contributed by atoms with Gasteiger partial charge in [-0.05, 0) is 6.42 Å². The van der Waals surface area contributed by atoms with E-state index in [-0.39, 0.29) is 65.7 Å². The maximum atomic E-state index is 11.0. The van der Waals surface area contributed by atoms with E-state index in [0.717, 1.165) is 26.4 Å². The van der Waals surface area contributed by atoms with Gasteiger partial charge < -0.3 is 19.8 Å². The first kappa shape index (κ1) is 31.9. The molecule has 128 valence electrons. The summed E-state index contributed by atoms with van der Waals surface area (Å²) in [5, 5.41) is 7.00. The van der Waals surface area contributed by atoms with Gasteiger partial charge in [0.2, 0.25) is 0 Å². The molecule has 4 N–H and O–H groups in total. The minimum absolute atomic E-state index is 0. The standard InChI is InChI=1S/C9H22O7P2.CH4O.2Na.2H/c1-2-3-4-5-6-7-8-9-15-18(13,14)16-17(10,11)12;1-2;;;;/h2-9H2,1H3,(H,13,14)(H2,10,11,12);2H,1H3;;;;. The van der Waals surface area contributed by atoms with E-state index in [1.165, 1.54) is 19.3 Å². The number of phosphoric acid groups is 2. The van der Waals surface area contributed by atoms with Gasteiger partial charge >= 0.3 is 74.8 Å². The van der Waals surface area contributed by atoms with E-state index in [4.69, 9.17) is 19.8 Å². The number of unbranched alkanes of at least 4 members (excludes halogenated alkanes) is 6. The van der Waals surface area contributed by atoms with Crippen molar-refractivity contribution in [2.45, 2.75) is 51.9 Å². The summed E-state index contributed by atoms with van der Waals surface area (Å²) in [7, 11) is -8.64. The first-order chi connectivity index (χ1) is 9.27. The number of rotatable bonds is 11. The zero-order valence-electron chi connectivity index (χ0n) is 12.0. The molecule has 0 fully saturated rings. The third-order valence-electron chi connectivity index (χ3n) is 2.21. The first-order valence-electron chi connectivity index (χ1n) is 6.46. The number of phosphoric ester groups is 1. The Morgan fingerprint density at radius 3 is 1.64 bits per heavy atom. The van der Waals surface area contributed by atoms with Crippen molar-refractivity contribution < 1.29 is 37.8 Å². The Balaban J connectivity index is -0.000000387. The topological polar surface area (TPSA) is 134 Å². The molecule has 0 bridgehead atoms. The average Bonchev–Trinajstić information content (AvgIpc) is 2.32. The minimum atomic E-state index is -5.00. The van der Waals surface area contributed by atoms with Gasteiger partial charge in [0.25, 0.3) is 0 Å². The molecule has 8 nitrogen and oxygen atoms in total. The fourth-order valence-corrected chi connectivity index (χ4v) is 3.02. The Morgan fingerprint density at radius 2 is 1.23 bits per heavy atom. The molecule has 0 heterocycles. The second kappa shape index (κ2) is 19.5. The molecule has 1 atom stereocenters. The molecule has 0 aromatic rings. The average molecular weight is 384 g/mol. The molecule has 0 aliphatic heterocycles. The Kier molecular flexibility index (Phi) is 28.4. The van der Waals surface area contributed by atoms with Gasteiger partial charge in [0.15, 0.2) is 0 Å². The summed E-state index contributed by atoms with van der Waals surface area (Å²) in [5.74, 6) is 0. The molecule has 0 saturated carbocycles. The summed E-state index contributed by atoms with van der Waals surface area (Å²) in [5.41, 5.74) is 0. The fourth-order valence-electron chi connectivity index (χ4n) is 1.40. The molecule has 0 aliphatic carbocycles. The van der Waals surface area contributed by atoms with Gasteiger partial charge in [-0.1, -0.05) is 45.4 Å². The van der Waals surface area contributed by atoms with Crippen molar-refractivity contribution >= 4 is 74.8 Å². The van der Waals surface area contributed by atoms with Gasteiger partial charge in [-0.15, -0.1) is 0 Å². The van der Waals surface area contributed by atoms with Crippen molar-refractivity contribution in [1.82, 2.24) is 0 Å². The molecule has 0 aliphatic rings. The van der Waals surface area contributed by atoms with Crippen molar-refractivity contribution in [3.8, 4) is 0 Å². The summed E-state index contributed by atoms with van der Waals surface area (Å²) in [6, 6.07) is 0. The Bertz CT molecular complexity index is 313. The molecule has 0 aromatic carbocycles. The van der Waals surface area contributed by atoms with Crippen molar-refractivity contribution in [1.29, 1.82) is 0 Å². The van der Waals surface area contributed by atoms with E-state index in [9.17, 15) is 9.13 Å². The fraction of sp³-hybridized carbons (Fsp3) is 1.00. The van der Waals surface area contributed by atoms with E-state index in [1.54, 1.807) is 0 Å². The summed E-state index contributed by atoms with van der Waals surface area (Å²) in [6.45, 7) is 2.08. The van der Waals surface area contributed by atoms with Crippen molar-refractivity contribution in [2.24, 2.45) is 0 Å². The van der Waals surface area contributed by atoms with Crippen LogP contribution in [0.2, 0.25) is 0 Å². The molecule has 22 heavy (non-hydrogen) atoms. The van der Waals surface area contributed by atoms with Gasteiger partial charge in [0.1, 0.15) is 0 Å². The second-order valence-corrected chi connectivity index (χ2v) is 6.82. The van der Waals surface area contributed by atoms with Crippen molar-refractivity contribution in [3.63, 3.8) is 0 Å². The van der Waals surface area contributed by atoms with Crippen molar-refractivity contribution in [3.05, 3.63) is 0 Å². The number of aliphatic hydroxyl groups is 1. The predicted molar refractivity (Wildman–Crippen MR) is 89.3 cm³/mol. The van der Waals surface area contributed by atoms with E-state index in [1.807, 2.05) is 0 Å². The van der Waals surface area contributed by atoms with Crippen LogP contribution in [-0.4, -0.2) is 92.6 Å². The predicted octanol–water partition coefficient (Wildman–Crippen LogP) is 1.27. The van der Waals surface area contributed by atoms with Gasteiger partial charge in [-0.2, -0.15) is 4.31 Å². The zero-order chi connectivity index (χ0) is 16.1. The molecule has 0 saturated heterocycles. The quantitative estimate of drug-likeness (QED) is 0.238. The second-order valence-electron chi connectivity index (χ2n) is 4.00. The van der Waals surface area contributed by atoms with Crippen LogP contribution in [0.3, 0.4) is 0 Å². The molecule has 0 spiro atoms. The van der Waals surface area contributed by atoms with Crippen molar-refractivity contribution in [2.75, 3.05) is 13.7 Å². The van der Waals surface area contributed by atoms with Crippen LogP contribution in [0.4, 0.5) is 0 Å². The first-order valence-corrected chi connectivity index (χ1v) is 9.48. The van der Waals surface area contributed by atoms with Crippen LogP contribution in [0.15, 0.2) is 0 Å². The van der Waals surface area contributed by atoms with Crippen LogP contribution in [0.25, 0.3) is 0 Å². The Hall–Kier alpha value is 2.22. The normalized spacial score (nSPS) is 13.0. The van der Waals surface area contributed by atoms with Gasteiger partial charge in [-0.3, -0.25) is 4.52 Å². The van der Waals surface area contributed by atoms with Gasteiger partial charge in [0, 0.05) is 7.11 Å². The summed E-state index contributed by atoms with van der Waals surface area (Å²) in [4.78, 5) is 25.6. The molecular weight excluding hydrogens is 356 g/mol. The molecule has 0 amide bonds.